The molecule has 140 valence electrons. The molecule has 1 aliphatic rings. The monoisotopic (exact) mass is 356 g/mol. The minimum absolute atomic E-state index is 0.354. The van der Waals surface area contributed by atoms with Gasteiger partial charge in [-0.3, -0.25) is 0 Å². The summed E-state index contributed by atoms with van der Waals surface area (Å²) in [6, 6.07) is 14.3. The van der Waals surface area contributed by atoms with Crippen molar-refractivity contribution in [1.82, 2.24) is 0 Å². The van der Waals surface area contributed by atoms with Crippen molar-refractivity contribution in [1.29, 1.82) is 0 Å². The second-order valence-electron chi connectivity index (χ2n) is 7.52. The Bertz CT molecular complexity index is 716. The van der Waals surface area contributed by atoms with Gasteiger partial charge in [-0.15, -0.1) is 0 Å². The van der Waals surface area contributed by atoms with E-state index in [1.54, 1.807) is 7.11 Å². The Hall–Kier alpha value is -2.20. The van der Waals surface area contributed by atoms with Crippen molar-refractivity contribution < 1.29 is 19.3 Å². The van der Waals surface area contributed by atoms with E-state index in [0.717, 1.165) is 36.5 Å². The van der Waals surface area contributed by atoms with Gasteiger partial charge < -0.3 is 19.3 Å². The normalized spacial score (nSPS) is 16.5. The molecule has 0 fully saturated rings. The first-order valence-corrected chi connectivity index (χ1v) is 9.19. The number of methoxy groups -OCH3 is 1. The Kier molecular flexibility index (Phi) is 5.72. The maximum Gasteiger partial charge on any atom is 0.126 e. The third-order valence-corrected chi connectivity index (χ3v) is 4.73. The van der Waals surface area contributed by atoms with Gasteiger partial charge in [-0.2, -0.15) is 0 Å². The maximum absolute atomic E-state index is 9.74. The summed E-state index contributed by atoms with van der Waals surface area (Å²) >= 11 is 0. The fourth-order valence-corrected chi connectivity index (χ4v) is 3.23. The largest absolute Gasteiger partial charge is 0.497 e. The van der Waals surface area contributed by atoms with Crippen molar-refractivity contribution in [2.24, 2.45) is 0 Å². The van der Waals surface area contributed by atoms with Crippen LogP contribution in [-0.2, 0) is 6.42 Å². The van der Waals surface area contributed by atoms with Gasteiger partial charge >= 0.3 is 0 Å². The summed E-state index contributed by atoms with van der Waals surface area (Å²) in [5.74, 6) is 2.96. The first-order valence-electron chi connectivity index (χ1n) is 9.19. The van der Waals surface area contributed by atoms with E-state index in [2.05, 4.69) is 18.2 Å². The molecule has 26 heavy (non-hydrogen) atoms. The number of benzene rings is 2. The van der Waals surface area contributed by atoms with E-state index in [1.165, 1.54) is 11.1 Å². The molecule has 1 atom stereocenters. The van der Waals surface area contributed by atoms with Gasteiger partial charge in [0.15, 0.2) is 0 Å². The lowest BCUT2D eigenvalue weighted by Crippen LogP contribution is -2.20. The fraction of sp³-hybridized carbons (Fsp3) is 0.455. The molecule has 1 N–H and O–H groups in total. The highest BCUT2D eigenvalue weighted by Gasteiger charge is 2.22. The Labute approximate surface area is 155 Å². The van der Waals surface area contributed by atoms with Crippen LogP contribution in [0, 0.1) is 0 Å². The maximum atomic E-state index is 9.74. The summed E-state index contributed by atoms with van der Waals surface area (Å²) in [6.07, 6.45) is 2.50. The van der Waals surface area contributed by atoms with Crippen LogP contribution in [0.5, 0.6) is 17.2 Å². The zero-order chi connectivity index (χ0) is 18.6. The van der Waals surface area contributed by atoms with Gasteiger partial charge in [0.2, 0.25) is 0 Å². The van der Waals surface area contributed by atoms with E-state index in [1.807, 2.05) is 38.1 Å². The summed E-state index contributed by atoms with van der Waals surface area (Å²) in [7, 11) is 1.68. The molecular formula is C22H28O4. The van der Waals surface area contributed by atoms with Crippen LogP contribution in [0.15, 0.2) is 42.5 Å². The predicted molar refractivity (Wildman–Crippen MR) is 102 cm³/mol. The van der Waals surface area contributed by atoms with Gasteiger partial charge in [-0.25, -0.2) is 0 Å². The van der Waals surface area contributed by atoms with Crippen molar-refractivity contribution in [2.75, 3.05) is 20.3 Å². The zero-order valence-electron chi connectivity index (χ0n) is 15.8. The number of ether oxygens (including phenoxy) is 3. The fourth-order valence-electron chi connectivity index (χ4n) is 3.23. The SMILES string of the molecule is COc1ccc(C2COc3cc(OCCCC(C)(C)O)ccc3C2)cc1. The Balaban J connectivity index is 1.58. The molecule has 4 heteroatoms. The first kappa shape index (κ1) is 18.6. The number of hydrogen-bond acceptors (Lipinski definition) is 4. The lowest BCUT2D eigenvalue weighted by molar-refractivity contribution is 0.0641. The van der Waals surface area contributed by atoms with Gasteiger partial charge in [-0.1, -0.05) is 18.2 Å². The lowest BCUT2D eigenvalue weighted by atomic mass is 9.90. The van der Waals surface area contributed by atoms with Crippen LogP contribution in [0.25, 0.3) is 0 Å². The highest BCUT2D eigenvalue weighted by molar-refractivity contribution is 5.44. The molecule has 0 spiro atoms. The van der Waals surface area contributed by atoms with E-state index < -0.39 is 5.60 Å². The Morgan fingerprint density at radius 3 is 2.54 bits per heavy atom. The lowest BCUT2D eigenvalue weighted by Gasteiger charge is -2.26. The highest BCUT2D eigenvalue weighted by Crippen LogP contribution is 2.35. The summed E-state index contributed by atoms with van der Waals surface area (Å²) in [4.78, 5) is 0. The predicted octanol–water partition coefficient (Wildman–Crippen LogP) is 4.34. The molecule has 0 aliphatic carbocycles. The number of fused-ring (bicyclic) bond motifs is 1. The molecule has 1 aliphatic heterocycles. The summed E-state index contributed by atoms with van der Waals surface area (Å²) in [5, 5.41) is 9.74. The highest BCUT2D eigenvalue weighted by atomic mass is 16.5. The minimum Gasteiger partial charge on any atom is -0.497 e. The molecular weight excluding hydrogens is 328 g/mol. The van der Waals surface area contributed by atoms with Crippen LogP contribution >= 0.6 is 0 Å². The molecule has 1 unspecified atom stereocenters. The molecule has 0 saturated carbocycles. The van der Waals surface area contributed by atoms with Gasteiger partial charge in [-0.05, 0) is 62.4 Å². The number of aliphatic hydroxyl groups is 1. The molecule has 0 radical (unpaired) electrons. The molecule has 2 aromatic carbocycles. The van der Waals surface area contributed by atoms with E-state index in [0.29, 0.717) is 19.1 Å². The molecule has 2 aromatic rings. The second kappa shape index (κ2) is 8.00. The van der Waals surface area contributed by atoms with E-state index in [9.17, 15) is 5.11 Å². The van der Waals surface area contributed by atoms with E-state index in [-0.39, 0.29) is 0 Å². The first-order chi connectivity index (χ1) is 12.4. The van der Waals surface area contributed by atoms with Gasteiger partial charge in [0.25, 0.3) is 0 Å². The quantitative estimate of drug-likeness (QED) is 0.750. The minimum atomic E-state index is -0.640. The van der Waals surface area contributed by atoms with Crippen molar-refractivity contribution in [2.45, 2.75) is 44.6 Å². The standard InChI is InChI=1S/C22H28O4/c1-22(2,23)11-4-12-25-20-10-7-17-13-18(15-26-21(17)14-20)16-5-8-19(24-3)9-6-16/h5-10,14,18,23H,4,11-13,15H2,1-3H3. The average Bonchev–Trinajstić information content (AvgIpc) is 2.64. The molecule has 4 nitrogen and oxygen atoms in total. The average molecular weight is 356 g/mol. The number of rotatable bonds is 7. The molecule has 0 bridgehead atoms. The van der Waals surface area contributed by atoms with Crippen LogP contribution < -0.4 is 14.2 Å². The van der Waals surface area contributed by atoms with Crippen molar-refractivity contribution in [3.8, 4) is 17.2 Å². The van der Waals surface area contributed by atoms with Crippen molar-refractivity contribution in [3.05, 3.63) is 53.6 Å². The van der Waals surface area contributed by atoms with E-state index in [4.69, 9.17) is 14.2 Å². The Morgan fingerprint density at radius 1 is 1.12 bits per heavy atom. The van der Waals surface area contributed by atoms with E-state index >= 15 is 0 Å². The zero-order valence-corrected chi connectivity index (χ0v) is 15.8. The third kappa shape index (κ3) is 4.92. The van der Waals surface area contributed by atoms with Gasteiger partial charge in [0, 0.05) is 12.0 Å². The smallest absolute Gasteiger partial charge is 0.126 e. The van der Waals surface area contributed by atoms with Crippen molar-refractivity contribution >= 4 is 0 Å². The molecule has 0 saturated heterocycles. The van der Waals surface area contributed by atoms with Gasteiger partial charge in [0.1, 0.15) is 17.2 Å². The second-order valence-corrected chi connectivity index (χ2v) is 7.52. The van der Waals surface area contributed by atoms with Gasteiger partial charge in [0.05, 0.1) is 25.9 Å². The summed E-state index contributed by atoms with van der Waals surface area (Å²) in [6.45, 7) is 4.90. The molecule has 0 amide bonds. The summed E-state index contributed by atoms with van der Waals surface area (Å²) in [5.41, 5.74) is 1.84. The molecule has 1 heterocycles. The third-order valence-electron chi connectivity index (χ3n) is 4.73. The molecule has 0 aromatic heterocycles. The van der Waals surface area contributed by atoms with Crippen LogP contribution in [-0.4, -0.2) is 31.0 Å². The topological polar surface area (TPSA) is 47.9 Å². The van der Waals surface area contributed by atoms with Crippen LogP contribution in [0.3, 0.4) is 0 Å². The van der Waals surface area contributed by atoms with Crippen LogP contribution in [0.1, 0.15) is 43.7 Å². The number of hydrogen-bond donors (Lipinski definition) is 1. The van der Waals surface area contributed by atoms with Crippen LogP contribution in [0.2, 0.25) is 0 Å². The van der Waals surface area contributed by atoms with Crippen molar-refractivity contribution in [3.63, 3.8) is 0 Å². The summed E-state index contributed by atoms with van der Waals surface area (Å²) < 4.78 is 17.0. The molecule has 3 rings (SSSR count). The Morgan fingerprint density at radius 2 is 1.85 bits per heavy atom. The van der Waals surface area contributed by atoms with Crippen LogP contribution in [0.4, 0.5) is 0 Å².